The van der Waals surface area contributed by atoms with Crippen molar-refractivity contribution in [3.63, 3.8) is 0 Å². The molecule has 0 aliphatic carbocycles. The van der Waals surface area contributed by atoms with E-state index in [-0.39, 0.29) is 11.1 Å². The number of rotatable bonds is 6. The van der Waals surface area contributed by atoms with Gasteiger partial charge in [0.2, 0.25) is 0 Å². The molecule has 7 heteroatoms. The first-order valence-corrected chi connectivity index (χ1v) is 11.4. The van der Waals surface area contributed by atoms with Crippen LogP contribution in [-0.4, -0.2) is 19.0 Å². The molecule has 5 nitrogen and oxygen atoms in total. The Bertz CT molecular complexity index is 1270. The molecule has 168 valence electrons. The van der Waals surface area contributed by atoms with E-state index in [1.165, 1.54) is 30.1 Å². The third-order valence-electron chi connectivity index (χ3n) is 5.09. The van der Waals surface area contributed by atoms with Gasteiger partial charge in [-0.25, -0.2) is 4.79 Å². The van der Waals surface area contributed by atoms with Gasteiger partial charge in [-0.05, 0) is 47.7 Å². The number of nitrogens with zero attached hydrogens (tertiary/aromatic N) is 1. The Labute approximate surface area is 202 Å². The van der Waals surface area contributed by atoms with Gasteiger partial charge in [0.15, 0.2) is 0 Å². The number of esters is 1. The Morgan fingerprint density at radius 2 is 1.88 bits per heavy atom. The number of amides is 1. The molecule has 3 aromatic rings. The Morgan fingerprint density at radius 3 is 2.45 bits per heavy atom. The van der Waals surface area contributed by atoms with E-state index in [2.05, 4.69) is 19.2 Å². The number of hydrogen-bond acceptors (Lipinski definition) is 5. The number of hydrogen-bond donors (Lipinski definition) is 1. The predicted molar refractivity (Wildman–Crippen MR) is 134 cm³/mol. The number of nitrogens with one attached hydrogen (secondary N) is 1. The number of anilines is 1. The highest BCUT2D eigenvalue weighted by Gasteiger charge is 2.26. The lowest BCUT2D eigenvalue weighted by molar-refractivity contribution is -0.112. The number of ether oxygens (including phenoxy) is 1. The zero-order chi connectivity index (χ0) is 24.1. The molecular weight excluding hydrogens is 456 g/mol. The van der Waals surface area contributed by atoms with Crippen LogP contribution >= 0.6 is 22.9 Å². The van der Waals surface area contributed by atoms with E-state index in [1.807, 2.05) is 43.3 Å². The highest BCUT2D eigenvalue weighted by atomic mass is 35.5. The quantitative estimate of drug-likeness (QED) is 0.239. The van der Waals surface area contributed by atoms with Crippen molar-refractivity contribution in [2.75, 3.05) is 12.4 Å². The molecule has 0 aliphatic rings. The van der Waals surface area contributed by atoms with Crippen molar-refractivity contribution in [3.05, 3.63) is 80.7 Å². The van der Waals surface area contributed by atoms with Crippen LogP contribution in [0.3, 0.4) is 0 Å². The van der Waals surface area contributed by atoms with E-state index in [0.717, 1.165) is 16.0 Å². The smallest absolute Gasteiger partial charge is 0.341 e. The van der Waals surface area contributed by atoms with Crippen molar-refractivity contribution in [1.29, 1.82) is 5.26 Å². The topological polar surface area (TPSA) is 79.2 Å². The number of nitriles is 1. The number of carbonyl (C=O) groups excluding carboxylic acids is 2. The van der Waals surface area contributed by atoms with Crippen molar-refractivity contribution < 1.29 is 14.3 Å². The van der Waals surface area contributed by atoms with Crippen LogP contribution in [0.2, 0.25) is 5.02 Å². The third kappa shape index (κ3) is 5.51. The summed E-state index contributed by atoms with van der Waals surface area (Å²) in [4.78, 5) is 26.4. The second kappa shape index (κ2) is 10.5. The molecule has 0 atom stereocenters. The summed E-state index contributed by atoms with van der Waals surface area (Å²) in [5, 5.41) is 13.2. The molecule has 0 unspecified atom stereocenters. The van der Waals surface area contributed by atoms with Gasteiger partial charge < -0.3 is 10.1 Å². The summed E-state index contributed by atoms with van der Waals surface area (Å²) >= 11 is 7.38. The van der Waals surface area contributed by atoms with Crippen LogP contribution in [0.5, 0.6) is 0 Å². The molecule has 0 saturated heterocycles. The lowest BCUT2D eigenvalue weighted by atomic mass is 10.0. The minimum absolute atomic E-state index is 0.0709. The number of carbonyl (C=O) groups is 2. The summed E-state index contributed by atoms with van der Waals surface area (Å²) in [6.07, 6.45) is 1.52. The molecule has 1 N–H and O–H groups in total. The van der Waals surface area contributed by atoms with Gasteiger partial charge in [-0.15, -0.1) is 11.3 Å². The van der Waals surface area contributed by atoms with E-state index in [1.54, 1.807) is 18.2 Å². The van der Waals surface area contributed by atoms with E-state index in [0.29, 0.717) is 21.5 Å². The molecule has 0 fully saturated rings. The molecule has 0 aliphatic heterocycles. The fraction of sp³-hybridized carbons (Fsp3) is 0.192. The lowest BCUT2D eigenvalue weighted by Gasteiger charge is -2.08. The van der Waals surface area contributed by atoms with Gasteiger partial charge in [0.25, 0.3) is 5.91 Å². The Morgan fingerprint density at radius 1 is 1.18 bits per heavy atom. The first-order valence-electron chi connectivity index (χ1n) is 10.3. The fourth-order valence-corrected chi connectivity index (χ4v) is 4.63. The van der Waals surface area contributed by atoms with Crippen molar-refractivity contribution in [2.45, 2.75) is 26.7 Å². The van der Waals surface area contributed by atoms with Crippen LogP contribution in [-0.2, 0) is 9.53 Å². The second-order valence-corrected chi connectivity index (χ2v) is 9.35. The van der Waals surface area contributed by atoms with Gasteiger partial charge in [-0.3, -0.25) is 4.79 Å². The van der Waals surface area contributed by atoms with Gasteiger partial charge in [0.1, 0.15) is 22.2 Å². The number of aryl methyl sites for hydroxylation is 1. The number of benzene rings is 2. The third-order valence-corrected chi connectivity index (χ3v) is 6.35. The molecule has 3 rings (SSSR count). The van der Waals surface area contributed by atoms with Crippen LogP contribution in [0.4, 0.5) is 5.00 Å². The molecule has 2 aromatic carbocycles. The zero-order valence-electron chi connectivity index (χ0n) is 18.7. The molecule has 0 spiro atoms. The van der Waals surface area contributed by atoms with Gasteiger partial charge >= 0.3 is 5.97 Å². The maximum atomic E-state index is 12.9. The standard InChI is InChI=1S/C26H23ClN2O3S/c1-15(2)18-10-8-17(9-11-18)12-20(14-28)24(30)29-25-23(26(31)32-4)22(16(3)33-25)19-6-5-7-21(27)13-19/h5-13,15H,1-4H3,(H,29,30)/b20-12+. The maximum Gasteiger partial charge on any atom is 0.341 e. The van der Waals surface area contributed by atoms with Gasteiger partial charge in [0.05, 0.1) is 7.11 Å². The van der Waals surface area contributed by atoms with Gasteiger partial charge in [0, 0.05) is 15.5 Å². The van der Waals surface area contributed by atoms with Crippen molar-refractivity contribution in [2.24, 2.45) is 0 Å². The summed E-state index contributed by atoms with van der Waals surface area (Å²) in [6.45, 7) is 6.04. The van der Waals surface area contributed by atoms with Crippen molar-refractivity contribution in [3.8, 4) is 17.2 Å². The molecule has 1 heterocycles. The van der Waals surface area contributed by atoms with E-state index >= 15 is 0 Å². The Balaban J connectivity index is 1.98. The van der Waals surface area contributed by atoms with Crippen LogP contribution in [0.1, 0.15) is 46.1 Å². The summed E-state index contributed by atoms with van der Waals surface area (Å²) in [7, 11) is 1.28. The molecule has 0 radical (unpaired) electrons. The summed E-state index contributed by atoms with van der Waals surface area (Å²) in [6, 6.07) is 16.7. The lowest BCUT2D eigenvalue weighted by Crippen LogP contribution is -2.15. The number of methoxy groups -OCH3 is 1. The Kier molecular flexibility index (Phi) is 7.70. The molecular formula is C26H23ClN2O3S. The van der Waals surface area contributed by atoms with Crippen molar-refractivity contribution >= 4 is 45.9 Å². The minimum atomic E-state index is -0.602. The minimum Gasteiger partial charge on any atom is -0.465 e. The molecule has 1 amide bonds. The second-order valence-electron chi connectivity index (χ2n) is 7.68. The van der Waals surface area contributed by atoms with Crippen LogP contribution in [0.15, 0.2) is 54.1 Å². The van der Waals surface area contributed by atoms with Gasteiger partial charge in [-0.2, -0.15) is 5.26 Å². The first-order chi connectivity index (χ1) is 15.7. The van der Waals surface area contributed by atoms with Crippen LogP contribution in [0.25, 0.3) is 17.2 Å². The van der Waals surface area contributed by atoms with Gasteiger partial charge in [-0.1, -0.05) is 61.8 Å². The van der Waals surface area contributed by atoms with E-state index in [9.17, 15) is 14.9 Å². The van der Waals surface area contributed by atoms with Crippen LogP contribution < -0.4 is 5.32 Å². The molecule has 33 heavy (non-hydrogen) atoms. The first kappa shape index (κ1) is 24.2. The summed E-state index contributed by atoms with van der Waals surface area (Å²) in [5.74, 6) is -0.805. The number of halogens is 1. The maximum absolute atomic E-state index is 12.9. The number of thiophene rings is 1. The normalized spacial score (nSPS) is 11.2. The highest BCUT2D eigenvalue weighted by Crippen LogP contribution is 2.41. The zero-order valence-corrected chi connectivity index (χ0v) is 20.3. The predicted octanol–water partition coefficient (Wildman–Crippen LogP) is 6.83. The fourth-order valence-electron chi connectivity index (χ4n) is 3.38. The molecule has 0 bridgehead atoms. The monoisotopic (exact) mass is 478 g/mol. The molecule has 0 saturated carbocycles. The van der Waals surface area contributed by atoms with Crippen molar-refractivity contribution in [1.82, 2.24) is 0 Å². The average molecular weight is 479 g/mol. The summed E-state index contributed by atoms with van der Waals surface area (Å²) in [5.41, 5.74) is 3.43. The Hall–Kier alpha value is -3.40. The highest BCUT2D eigenvalue weighted by molar-refractivity contribution is 7.17. The average Bonchev–Trinajstić information content (AvgIpc) is 3.12. The summed E-state index contributed by atoms with van der Waals surface area (Å²) < 4.78 is 4.98. The van der Waals surface area contributed by atoms with E-state index < -0.39 is 11.9 Å². The van der Waals surface area contributed by atoms with E-state index in [4.69, 9.17) is 16.3 Å². The SMILES string of the molecule is COC(=O)c1c(NC(=O)/C(C#N)=C/c2ccc(C(C)C)cc2)sc(C)c1-c1cccc(Cl)c1. The molecule has 1 aromatic heterocycles. The van der Waals surface area contributed by atoms with Crippen LogP contribution in [0, 0.1) is 18.3 Å². The largest absolute Gasteiger partial charge is 0.465 e.